The molecular formula is C22H26N2O4S. The molecule has 5 rings (SSSR count). The molecule has 0 aliphatic carbocycles. The van der Waals surface area contributed by atoms with Crippen molar-refractivity contribution in [3.63, 3.8) is 0 Å². The van der Waals surface area contributed by atoms with E-state index in [0.29, 0.717) is 6.61 Å². The largest absolute Gasteiger partial charge is 0.495 e. The zero-order valence-electron chi connectivity index (χ0n) is 16.7. The summed E-state index contributed by atoms with van der Waals surface area (Å²) in [5, 5.41) is 0. The zero-order valence-corrected chi connectivity index (χ0v) is 17.5. The Labute approximate surface area is 174 Å². The standard InChI is InChI=1S/C22H26N2O4S/c1-26-15-4-5-17(23-14-15)20-13-16-19(29-20)6-12-28-22(16)7-9-24(10-8-22)21(25)18-3-2-11-27-18/h4-5,13-14,18H,2-3,6-12H2,1H3/t18-/m1/s1. The highest BCUT2D eigenvalue weighted by atomic mass is 32.1. The van der Waals surface area contributed by atoms with Crippen molar-refractivity contribution in [3.8, 4) is 16.3 Å². The molecule has 6 nitrogen and oxygen atoms in total. The third kappa shape index (κ3) is 3.45. The van der Waals surface area contributed by atoms with Gasteiger partial charge in [-0.2, -0.15) is 0 Å². The van der Waals surface area contributed by atoms with Gasteiger partial charge in [-0.1, -0.05) is 0 Å². The first-order valence-corrected chi connectivity index (χ1v) is 11.2. The van der Waals surface area contributed by atoms with E-state index in [-0.39, 0.29) is 17.6 Å². The van der Waals surface area contributed by atoms with E-state index in [1.807, 2.05) is 28.4 Å². The molecule has 3 aliphatic heterocycles. The summed E-state index contributed by atoms with van der Waals surface area (Å²) in [5.74, 6) is 0.917. The Bertz CT molecular complexity index is 881. The number of ether oxygens (including phenoxy) is 3. The van der Waals surface area contributed by atoms with Crippen molar-refractivity contribution in [1.29, 1.82) is 0 Å². The van der Waals surface area contributed by atoms with Crippen molar-refractivity contribution in [2.45, 2.75) is 43.8 Å². The molecule has 0 radical (unpaired) electrons. The van der Waals surface area contributed by atoms with Crippen molar-refractivity contribution in [3.05, 3.63) is 34.8 Å². The second-order valence-corrected chi connectivity index (χ2v) is 9.09. The Kier molecular flexibility index (Phi) is 5.05. The van der Waals surface area contributed by atoms with Crippen molar-refractivity contribution in [2.75, 3.05) is 33.4 Å². The summed E-state index contributed by atoms with van der Waals surface area (Å²) in [6.45, 7) is 2.90. The Balaban J connectivity index is 1.35. The number of thiophene rings is 1. The monoisotopic (exact) mass is 414 g/mol. The normalized spacial score (nSPS) is 23.2. The summed E-state index contributed by atoms with van der Waals surface area (Å²) in [4.78, 5) is 21.8. The van der Waals surface area contributed by atoms with E-state index >= 15 is 0 Å². The van der Waals surface area contributed by atoms with Gasteiger partial charge in [0.2, 0.25) is 0 Å². The molecule has 5 heterocycles. The second-order valence-electron chi connectivity index (χ2n) is 7.95. The van der Waals surface area contributed by atoms with Crippen LogP contribution in [-0.2, 0) is 26.3 Å². The number of amides is 1. The molecule has 2 fully saturated rings. The molecular weight excluding hydrogens is 388 g/mol. The number of nitrogens with zero attached hydrogens (tertiary/aromatic N) is 2. The number of piperidine rings is 1. The number of methoxy groups -OCH3 is 1. The van der Waals surface area contributed by atoms with Crippen molar-refractivity contribution < 1.29 is 19.0 Å². The summed E-state index contributed by atoms with van der Waals surface area (Å²) >= 11 is 1.81. The summed E-state index contributed by atoms with van der Waals surface area (Å²) in [7, 11) is 1.65. The molecule has 1 amide bonds. The summed E-state index contributed by atoms with van der Waals surface area (Å²) in [5.41, 5.74) is 1.99. The molecule has 29 heavy (non-hydrogen) atoms. The molecule has 154 valence electrons. The van der Waals surface area contributed by atoms with Gasteiger partial charge in [-0.15, -0.1) is 11.3 Å². The van der Waals surface area contributed by atoms with Gasteiger partial charge in [-0.3, -0.25) is 9.78 Å². The lowest BCUT2D eigenvalue weighted by molar-refractivity contribution is -0.149. The minimum absolute atomic E-state index is 0.154. The summed E-state index contributed by atoms with van der Waals surface area (Å²) in [6, 6.07) is 6.21. The van der Waals surface area contributed by atoms with Crippen LogP contribution in [0.4, 0.5) is 0 Å². The van der Waals surface area contributed by atoms with Crippen LogP contribution < -0.4 is 4.74 Å². The quantitative estimate of drug-likeness (QED) is 0.771. The first-order chi connectivity index (χ1) is 14.2. The van der Waals surface area contributed by atoms with E-state index in [1.54, 1.807) is 13.3 Å². The highest BCUT2D eigenvalue weighted by Crippen LogP contribution is 2.46. The number of pyridine rings is 1. The first-order valence-electron chi connectivity index (χ1n) is 10.4. The van der Waals surface area contributed by atoms with E-state index in [9.17, 15) is 4.79 Å². The Morgan fingerprint density at radius 1 is 1.31 bits per heavy atom. The molecule has 0 bridgehead atoms. The number of carbonyl (C=O) groups excluding carboxylic acids is 1. The maximum Gasteiger partial charge on any atom is 0.251 e. The van der Waals surface area contributed by atoms with Crippen molar-refractivity contribution in [2.24, 2.45) is 0 Å². The fourth-order valence-corrected chi connectivity index (χ4v) is 5.88. The van der Waals surface area contributed by atoms with Crippen molar-refractivity contribution in [1.82, 2.24) is 9.88 Å². The van der Waals surface area contributed by atoms with E-state index in [2.05, 4.69) is 11.1 Å². The predicted molar refractivity (Wildman–Crippen MR) is 110 cm³/mol. The SMILES string of the molecule is COc1ccc(-c2cc3c(s2)CCOC32CCN(C(=O)[C@H]3CCCO3)CC2)nc1. The van der Waals surface area contributed by atoms with Gasteiger partial charge in [-0.05, 0) is 49.4 Å². The average Bonchev–Trinajstić information content (AvgIpc) is 3.45. The molecule has 2 saturated heterocycles. The Hall–Kier alpha value is -1.96. The number of rotatable bonds is 3. The highest BCUT2D eigenvalue weighted by molar-refractivity contribution is 7.15. The lowest BCUT2D eigenvalue weighted by Crippen LogP contribution is -2.50. The van der Waals surface area contributed by atoms with Gasteiger partial charge in [-0.25, -0.2) is 0 Å². The number of hydrogen-bond donors (Lipinski definition) is 0. The van der Waals surface area contributed by atoms with E-state index in [0.717, 1.165) is 63.2 Å². The van der Waals surface area contributed by atoms with Crippen LogP contribution in [0.1, 0.15) is 36.1 Å². The molecule has 2 aromatic rings. The minimum atomic E-state index is -0.276. The third-order valence-electron chi connectivity index (χ3n) is 6.32. The molecule has 1 atom stereocenters. The maximum atomic E-state index is 12.7. The summed E-state index contributed by atoms with van der Waals surface area (Å²) < 4.78 is 17.2. The zero-order chi connectivity index (χ0) is 19.8. The van der Waals surface area contributed by atoms with Gasteiger partial charge in [0.05, 0.1) is 36.1 Å². The number of aromatic nitrogens is 1. The lowest BCUT2D eigenvalue weighted by atomic mass is 9.82. The molecule has 3 aliphatic rings. The fraction of sp³-hybridized carbons (Fsp3) is 0.545. The topological polar surface area (TPSA) is 60.9 Å². The smallest absolute Gasteiger partial charge is 0.251 e. The molecule has 1 spiro atoms. The van der Waals surface area contributed by atoms with Crippen LogP contribution in [0.3, 0.4) is 0 Å². The average molecular weight is 415 g/mol. The first kappa shape index (κ1) is 19.0. The molecule has 2 aromatic heterocycles. The van der Waals surface area contributed by atoms with Gasteiger partial charge in [0.25, 0.3) is 5.91 Å². The van der Waals surface area contributed by atoms with Crippen LogP contribution in [0.25, 0.3) is 10.6 Å². The van der Waals surface area contributed by atoms with Gasteiger partial charge >= 0.3 is 0 Å². The summed E-state index contributed by atoms with van der Waals surface area (Å²) in [6.07, 6.45) is 5.98. The fourth-order valence-electron chi connectivity index (χ4n) is 4.67. The molecule has 0 aromatic carbocycles. The minimum Gasteiger partial charge on any atom is -0.495 e. The lowest BCUT2D eigenvalue weighted by Gasteiger charge is -2.44. The second kappa shape index (κ2) is 7.70. The van der Waals surface area contributed by atoms with Crippen LogP contribution in [-0.4, -0.2) is 55.3 Å². The van der Waals surface area contributed by atoms with Gasteiger partial charge < -0.3 is 19.1 Å². The van der Waals surface area contributed by atoms with E-state index in [4.69, 9.17) is 14.2 Å². The van der Waals surface area contributed by atoms with E-state index in [1.165, 1.54) is 15.3 Å². The van der Waals surface area contributed by atoms with Gasteiger partial charge in [0.1, 0.15) is 11.9 Å². The van der Waals surface area contributed by atoms with Crippen LogP contribution >= 0.6 is 11.3 Å². The number of fused-ring (bicyclic) bond motifs is 2. The van der Waals surface area contributed by atoms with E-state index < -0.39 is 0 Å². The molecule has 0 N–H and O–H groups in total. The van der Waals surface area contributed by atoms with Gasteiger partial charge in [0.15, 0.2) is 0 Å². The molecule has 0 unspecified atom stereocenters. The maximum absolute atomic E-state index is 12.7. The Morgan fingerprint density at radius 3 is 2.86 bits per heavy atom. The predicted octanol–water partition coefficient (Wildman–Crippen LogP) is 3.39. The molecule has 0 saturated carbocycles. The number of hydrogen-bond acceptors (Lipinski definition) is 6. The van der Waals surface area contributed by atoms with Crippen LogP contribution in [0.15, 0.2) is 24.4 Å². The highest BCUT2D eigenvalue weighted by Gasteiger charge is 2.43. The number of carbonyl (C=O) groups is 1. The number of likely N-dealkylation sites (tertiary alicyclic amines) is 1. The Morgan fingerprint density at radius 2 is 2.17 bits per heavy atom. The van der Waals surface area contributed by atoms with Crippen LogP contribution in [0.5, 0.6) is 5.75 Å². The van der Waals surface area contributed by atoms with Crippen molar-refractivity contribution >= 4 is 17.2 Å². The van der Waals surface area contributed by atoms with Crippen LogP contribution in [0, 0.1) is 0 Å². The van der Waals surface area contributed by atoms with Crippen LogP contribution in [0.2, 0.25) is 0 Å². The third-order valence-corrected chi connectivity index (χ3v) is 7.54. The van der Waals surface area contributed by atoms with Gasteiger partial charge in [0, 0.05) is 31.0 Å². The molecule has 7 heteroatoms.